The van der Waals surface area contributed by atoms with Gasteiger partial charge in [0.1, 0.15) is 5.82 Å². The maximum Gasteiger partial charge on any atom is 0.266 e. The largest absolute Gasteiger partial charge is 0.330 e. The normalized spacial score (nSPS) is 12.2. The fraction of sp³-hybridized carbons (Fsp3) is 0.179. The molecular weight excluding hydrogens is 410 g/mol. The molecule has 0 saturated heterocycles. The Morgan fingerprint density at radius 3 is 2.39 bits per heavy atom. The van der Waals surface area contributed by atoms with E-state index in [0.717, 1.165) is 16.8 Å². The zero-order valence-corrected chi connectivity index (χ0v) is 19.1. The molecule has 33 heavy (non-hydrogen) atoms. The summed E-state index contributed by atoms with van der Waals surface area (Å²) in [7, 11) is 0. The number of nitrogens with zero attached hydrogens (tertiary/aromatic N) is 3. The van der Waals surface area contributed by atoms with Crippen molar-refractivity contribution in [2.24, 2.45) is 0 Å². The summed E-state index contributed by atoms with van der Waals surface area (Å²) < 4.78 is 1.65. The highest BCUT2D eigenvalue weighted by Gasteiger charge is 2.25. The summed E-state index contributed by atoms with van der Waals surface area (Å²) in [5.41, 5.74) is 3.17. The topological polar surface area (TPSA) is 55.2 Å². The molecule has 166 valence electrons. The van der Waals surface area contributed by atoms with E-state index in [1.54, 1.807) is 27.7 Å². The van der Waals surface area contributed by atoms with Gasteiger partial charge >= 0.3 is 0 Å². The van der Waals surface area contributed by atoms with Crippen LogP contribution in [0, 0.1) is 6.92 Å². The van der Waals surface area contributed by atoms with Crippen molar-refractivity contribution < 1.29 is 4.79 Å². The third kappa shape index (κ3) is 4.48. The molecule has 5 heteroatoms. The van der Waals surface area contributed by atoms with Crippen LogP contribution in [0.2, 0.25) is 0 Å². The zero-order chi connectivity index (χ0) is 23.4. The lowest BCUT2D eigenvalue weighted by atomic mass is 10.1. The van der Waals surface area contributed by atoms with Gasteiger partial charge in [-0.05, 0) is 56.2 Å². The molecule has 1 aromatic heterocycles. The van der Waals surface area contributed by atoms with Gasteiger partial charge in [0.15, 0.2) is 0 Å². The van der Waals surface area contributed by atoms with Gasteiger partial charge in [-0.1, -0.05) is 60.7 Å². The molecule has 0 spiro atoms. The first-order valence-electron chi connectivity index (χ1n) is 11.1. The minimum atomic E-state index is -0.417. The SMILES string of the molecule is CCN(C(=O)/C=C/c1ccccc1)C(C)c1nc2ccccc2c(=O)n1-c1ccccc1C. The Morgan fingerprint density at radius 2 is 1.67 bits per heavy atom. The van der Waals surface area contributed by atoms with Crippen LogP contribution in [0.25, 0.3) is 22.7 Å². The Bertz CT molecular complexity index is 1370. The highest BCUT2D eigenvalue weighted by molar-refractivity contribution is 5.92. The zero-order valence-electron chi connectivity index (χ0n) is 19.1. The number of likely N-dealkylation sites (N-methyl/N-ethyl adjacent to an activating group) is 1. The summed E-state index contributed by atoms with van der Waals surface area (Å²) >= 11 is 0. The van der Waals surface area contributed by atoms with Gasteiger partial charge in [-0.15, -0.1) is 0 Å². The number of aryl methyl sites for hydroxylation is 1. The number of carbonyl (C=O) groups excluding carboxylic acids is 1. The molecule has 4 rings (SSSR count). The Kier molecular flexibility index (Phi) is 6.50. The summed E-state index contributed by atoms with van der Waals surface area (Å²) in [6, 6.07) is 24.4. The molecule has 0 N–H and O–H groups in total. The van der Waals surface area contributed by atoms with Crippen LogP contribution in [0.3, 0.4) is 0 Å². The molecule has 5 nitrogen and oxygen atoms in total. The van der Waals surface area contributed by atoms with Crippen LogP contribution < -0.4 is 5.56 Å². The molecule has 0 bridgehead atoms. The molecule has 4 aromatic rings. The van der Waals surface area contributed by atoms with Gasteiger partial charge in [-0.2, -0.15) is 0 Å². The van der Waals surface area contributed by atoms with E-state index in [-0.39, 0.29) is 11.5 Å². The summed E-state index contributed by atoms with van der Waals surface area (Å²) in [6.45, 7) is 6.30. The van der Waals surface area contributed by atoms with E-state index in [1.165, 1.54) is 0 Å². The third-order valence-electron chi connectivity index (χ3n) is 5.84. The number of hydrogen-bond acceptors (Lipinski definition) is 3. The number of carbonyl (C=O) groups is 1. The number of rotatable bonds is 6. The molecule has 0 radical (unpaired) electrons. The van der Waals surface area contributed by atoms with E-state index in [0.29, 0.717) is 23.3 Å². The van der Waals surface area contributed by atoms with Gasteiger partial charge in [0.25, 0.3) is 5.56 Å². The van der Waals surface area contributed by atoms with Gasteiger partial charge < -0.3 is 4.90 Å². The monoisotopic (exact) mass is 437 g/mol. The molecule has 1 amide bonds. The van der Waals surface area contributed by atoms with Crippen molar-refractivity contribution in [3.8, 4) is 5.69 Å². The molecule has 1 unspecified atom stereocenters. The first-order valence-corrected chi connectivity index (χ1v) is 11.1. The summed E-state index contributed by atoms with van der Waals surface area (Å²) in [6.07, 6.45) is 3.38. The minimum Gasteiger partial charge on any atom is -0.330 e. The van der Waals surface area contributed by atoms with Gasteiger partial charge in [-0.25, -0.2) is 4.98 Å². The predicted molar refractivity (Wildman–Crippen MR) is 133 cm³/mol. The van der Waals surface area contributed by atoms with Gasteiger partial charge in [0, 0.05) is 12.6 Å². The molecule has 0 aliphatic heterocycles. The van der Waals surface area contributed by atoms with Gasteiger partial charge in [0.05, 0.1) is 22.6 Å². The number of fused-ring (bicyclic) bond motifs is 1. The Hall–Kier alpha value is -3.99. The van der Waals surface area contributed by atoms with Crippen LogP contribution in [0.4, 0.5) is 0 Å². The molecule has 0 fully saturated rings. The molecule has 1 heterocycles. The van der Waals surface area contributed by atoms with Crippen molar-refractivity contribution in [1.82, 2.24) is 14.5 Å². The predicted octanol–water partition coefficient (Wildman–Crippen LogP) is 5.32. The molecule has 3 aromatic carbocycles. The number of benzene rings is 3. The molecular formula is C28H27N3O2. The minimum absolute atomic E-state index is 0.132. The van der Waals surface area contributed by atoms with Crippen LogP contribution in [-0.4, -0.2) is 26.9 Å². The summed E-state index contributed by atoms with van der Waals surface area (Å²) in [5.74, 6) is 0.406. The lowest BCUT2D eigenvalue weighted by Gasteiger charge is -2.29. The standard InChI is InChI=1S/C28H27N3O2/c1-4-30(26(32)19-18-22-13-6-5-7-14-22)21(3)27-29-24-16-10-9-15-23(24)28(33)31(27)25-17-11-8-12-20(25)2/h5-19,21H,4H2,1-3H3/b19-18+. The van der Waals surface area contributed by atoms with Gasteiger partial charge in [0.2, 0.25) is 5.91 Å². The van der Waals surface area contributed by atoms with E-state index in [1.807, 2.05) is 93.6 Å². The van der Waals surface area contributed by atoms with Crippen molar-refractivity contribution in [3.05, 3.63) is 112 Å². The van der Waals surface area contributed by atoms with Crippen molar-refractivity contribution in [3.63, 3.8) is 0 Å². The average molecular weight is 438 g/mol. The second-order valence-corrected chi connectivity index (χ2v) is 7.96. The van der Waals surface area contributed by atoms with Crippen LogP contribution in [0.15, 0.2) is 89.7 Å². The average Bonchev–Trinajstić information content (AvgIpc) is 2.84. The van der Waals surface area contributed by atoms with Crippen molar-refractivity contribution in [2.45, 2.75) is 26.8 Å². The fourth-order valence-corrected chi connectivity index (χ4v) is 4.06. The van der Waals surface area contributed by atoms with E-state index in [4.69, 9.17) is 4.98 Å². The highest BCUT2D eigenvalue weighted by Crippen LogP contribution is 2.24. The highest BCUT2D eigenvalue weighted by atomic mass is 16.2. The molecule has 1 atom stereocenters. The fourth-order valence-electron chi connectivity index (χ4n) is 4.06. The Morgan fingerprint density at radius 1 is 1.00 bits per heavy atom. The summed E-state index contributed by atoms with van der Waals surface area (Å²) in [5, 5.41) is 0.551. The van der Waals surface area contributed by atoms with Crippen LogP contribution >= 0.6 is 0 Å². The van der Waals surface area contributed by atoms with Crippen molar-refractivity contribution in [1.29, 1.82) is 0 Å². The first kappa shape index (κ1) is 22.2. The maximum atomic E-state index is 13.6. The quantitative estimate of drug-likeness (QED) is 0.384. The lowest BCUT2D eigenvalue weighted by Crippen LogP contribution is -2.36. The number of para-hydroxylation sites is 2. The summed E-state index contributed by atoms with van der Waals surface area (Å²) in [4.78, 5) is 33.3. The van der Waals surface area contributed by atoms with E-state index < -0.39 is 6.04 Å². The molecule has 0 aliphatic rings. The van der Waals surface area contributed by atoms with Crippen LogP contribution in [0.5, 0.6) is 0 Å². The van der Waals surface area contributed by atoms with Crippen LogP contribution in [-0.2, 0) is 4.79 Å². The number of aromatic nitrogens is 2. The second-order valence-electron chi connectivity index (χ2n) is 7.96. The first-order chi connectivity index (χ1) is 16.0. The van der Waals surface area contributed by atoms with Crippen molar-refractivity contribution >= 4 is 22.9 Å². The molecule has 0 saturated carbocycles. The molecule has 0 aliphatic carbocycles. The number of hydrogen-bond donors (Lipinski definition) is 0. The van der Waals surface area contributed by atoms with E-state index in [9.17, 15) is 9.59 Å². The lowest BCUT2D eigenvalue weighted by molar-refractivity contribution is -0.128. The van der Waals surface area contributed by atoms with Gasteiger partial charge in [-0.3, -0.25) is 14.2 Å². The van der Waals surface area contributed by atoms with E-state index >= 15 is 0 Å². The van der Waals surface area contributed by atoms with E-state index in [2.05, 4.69) is 0 Å². The van der Waals surface area contributed by atoms with Crippen LogP contribution in [0.1, 0.15) is 36.8 Å². The number of amides is 1. The maximum absolute atomic E-state index is 13.6. The van der Waals surface area contributed by atoms with Crippen molar-refractivity contribution in [2.75, 3.05) is 6.54 Å². The Balaban J connectivity index is 1.82. The smallest absolute Gasteiger partial charge is 0.266 e. The third-order valence-corrected chi connectivity index (χ3v) is 5.84. The second kappa shape index (κ2) is 9.65. The Labute approximate surface area is 193 Å².